The maximum absolute atomic E-state index is 4.58. The van der Waals surface area contributed by atoms with Crippen molar-refractivity contribution in [3.63, 3.8) is 0 Å². The van der Waals surface area contributed by atoms with E-state index >= 15 is 0 Å². The average Bonchev–Trinajstić information content (AvgIpc) is 3.63. The molecular formula is C28H14N2S2Se2. The Hall–Kier alpha value is -2.56. The third kappa shape index (κ3) is 2.98. The van der Waals surface area contributed by atoms with Crippen molar-refractivity contribution in [3.05, 3.63) is 85.2 Å². The molecule has 6 heteroatoms. The first-order chi connectivity index (χ1) is 16.8. The summed E-state index contributed by atoms with van der Waals surface area (Å²) in [6.45, 7) is 0. The second-order valence-electron chi connectivity index (χ2n) is 8.29. The van der Waals surface area contributed by atoms with Crippen LogP contribution in [0.2, 0.25) is 0 Å². The minimum atomic E-state index is 0.312. The van der Waals surface area contributed by atoms with E-state index in [-0.39, 0.29) is 0 Å². The van der Waals surface area contributed by atoms with Crippen molar-refractivity contribution < 1.29 is 0 Å². The normalized spacial score (nSPS) is 12.1. The zero-order valence-corrected chi connectivity index (χ0v) is 22.7. The molecule has 0 saturated carbocycles. The van der Waals surface area contributed by atoms with Crippen LogP contribution in [0.1, 0.15) is 0 Å². The minimum absolute atomic E-state index is 0.312. The van der Waals surface area contributed by atoms with Gasteiger partial charge in [0.1, 0.15) is 0 Å². The molecule has 0 radical (unpaired) electrons. The molecule has 0 fully saturated rings. The molecule has 0 unspecified atom stereocenters. The topological polar surface area (TPSA) is 25.8 Å². The summed E-state index contributed by atoms with van der Waals surface area (Å²) in [6, 6.07) is 26.8. The van der Waals surface area contributed by atoms with Gasteiger partial charge >= 0.3 is 216 Å². The summed E-state index contributed by atoms with van der Waals surface area (Å²) in [6.07, 6.45) is 3.78. The van der Waals surface area contributed by atoms with Crippen molar-refractivity contribution in [2.24, 2.45) is 0 Å². The molecule has 0 bridgehead atoms. The number of benzene rings is 2. The van der Waals surface area contributed by atoms with Crippen LogP contribution in [-0.4, -0.2) is 39.0 Å². The number of nitrogens with zero attached hydrogens (tertiary/aromatic N) is 2. The standard InChI is InChI=1S/C28H14N2S2Se2/c1-3-7-29-19(5-1)25-11-15-9-17-21(13-23(15)33-25)31-28-18-10-16-12-26(20-6-2-4-8-30-20)34-24(16)14-22(18)32-27(17)28/h1-14H. The fourth-order valence-electron chi connectivity index (χ4n) is 4.60. The van der Waals surface area contributed by atoms with E-state index < -0.39 is 0 Å². The van der Waals surface area contributed by atoms with Crippen molar-refractivity contribution in [2.75, 3.05) is 0 Å². The van der Waals surface area contributed by atoms with Gasteiger partial charge in [0.15, 0.2) is 0 Å². The zero-order valence-electron chi connectivity index (χ0n) is 17.6. The Morgan fingerprint density at radius 3 is 1.50 bits per heavy atom. The second-order valence-corrected chi connectivity index (χ2v) is 14.9. The molecule has 0 saturated heterocycles. The molecule has 2 aromatic carbocycles. The van der Waals surface area contributed by atoms with Crippen LogP contribution in [0.4, 0.5) is 0 Å². The molecule has 0 N–H and O–H groups in total. The van der Waals surface area contributed by atoms with E-state index in [9.17, 15) is 0 Å². The van der Waals surface area contributed by atoms with Crippen LogP contribution in [0.25, 0.3) is 69.1 Å². The van der Waals surface area contributed by atoms with Gasteiger partial charge in [-0.2, -0.15) is 0 Å². The van der Waals surface area contributed by atoms with E-state index in [2.05, 4.69) is 70.6 Å². The van der Waals surface area contributed by atoms with Gasteiger partial charge in [-0.1, -0.05) is 0 Å². The number of aromatic nitrogens is 2. The molecule has 2 nitrogen and oxygen atoms in total. The van der Waals surface area contributed by atoms with Crippen LogP contribution in [0.15, 0.2) is 85.2 Å². The van der Waals surface area contributed by atoms with Gasteiger partial charge < -0.3 is 0 Å². The Bertz CT molecular complexity index is 1860. The average molecular weight is 600 g/mol. The van der Waals surface area contributed by atoms with Crippen LogP contribution >= 0.6 is 22.7 Å². The van der Waals surface area contributed by atoms with Gasteiger partial charge in [-0.25, -0.2) is 0 Å². The summed E-state index contributed by atoms with van der Waals surface area (Å²) < 4.78 is 11.4. The van der Waals surface area contributed by atoms with Gasteiger partial charge in [0.25, 0.3) is 0 Å². The van der Waals surface area contributed by atoms with Gasteiger partial charge in [0.05, 0.1) is 0 Å². The Balaban J connectivity index is 1.32. The molecule has 8 aromatic rings. The Morgan fingerprint density at radius 2 is 1.06 bits per heavy atom. The van der Waals surface area contributed by atoms with Crippen LogP contribution in [0.5, 0.6) is 0 Å². The summed E-state index contributed by atoms with van der Waals surface area (Å²) >= 11 is 4.54. The van der Waals surface area contributed by atoms with E-state index in [1.54, 1.807) is 0 Å². The molecule has 0 aliphatic heterocycles. The summed E-state index contributed by atoms with van der Waals surface area (Å²) in [5.74, 6) is 0. The predicted molar refractivity (Wildman–Crippen MR) is 150 cm³/mol. The molecular weight excluding hydrogens is 586 g/mol. The van der Waals surface area contributed by atoms with Crippen molar-refractivity contribution in [3.8, 4) is 20.3 Å². The molecule has 8 rings (SSSR count). The first-order valence-corrected chi connectivity index (χ1v) is 15.9. The molecule has 0 amide bonds. The molecule has 0 atom stereocenters. The molecule has 0 spiro atoms. The first-order valence-electron chi connectivity index (χ1n) is 10.9. The molecule has 0 aliphatic carbocycles. The number of hydrogen-bond acceptors (Lipinski definition) is 4. The van der Waals surface area contributed by atoms with Gasteiger partial charge in [-0.3, -0.25) is 0 Å². The van der Waals surface area contributed by atoms with E-state index in [1.165, 1.54) is 57.7 Å². The summed E-state index contributed by atoms with van der Waals surface area (Å²) in [5, 5.41) is 5.56. The van der Waals surface area contributed by atoms with E-state index in [0.717, 1.165) is 11.4 Å². The van der Waals surface area contributed by atoms with E-state index in [0.29, 0.717) is 29.0 Å². The summed E-state index contributed by atoms with van der Waals surface area (Å²) in [5.41, 5.74) is 2.23. The number of rotatable bonds is 2. The third-order valence-corrected chi connectivity index (χ3v) is 13.4. The Labute approximate surface area is 214 Å². The van der Waals surface area contributed by atoms with Crippen molar-refractivity contribution in [2.45, 2.75) is 0 Å². The Kier molecular flexibility index (Phi) is 4.33. The number of fused-ring (bicyclic) bond motifs is 7. The number of thiophene rings is 2. The van der Waals surface area contributed by atoms with E-state index in [1.807, 2.05) is 47.2 Å². The second kappa shape index (κ2) is 7.47. The zero-order chi connectivity index (χ0) is 22.2. The molecule has 6 heterocycles. The monoisotopic (exact) mass is 602 g/mol. The number of pyridine rings is 2. The van der Waals surface area contributed by atoms with Crippen LogP contribution in [-0.2, 0) is 0 Å². The van der Waals surface area contributed by atoms with Gasteiger partial charge in [-0.05, 0) is 0 Å². The SMILES string of the molecule is c1ccc(-c2cc3cc4c(cc3[se]2)sc2c3cc5cc(-c6ccccn6)[se]c5cc3sc42)nc1. The van der Waals surface area contributed by atoms with Crippen LogP contribution in [0, 0.1) is 0 Å². The number of hydrogen-bond donors (Lipinski definition) is 0. The van der Waals surface area contributed by atoms with E-state index in [4.69, 9.17) is 0 Å². The molecule has 6 aromatic heterocycles. The predicted octanol–water partition coefficient (Wildman–Crippen LogP) is 7.81. The van der Waals surface area contributed by atoms with Gasteiger partial charge in [0, 0.05) is 0 Å². The fourth-order valence-corrected chi connectivity index (χ4v) is 12.1. The molecule has 160 valence electrons. The van der Waals surface area contributed by atoms with Crippen molar-refractivity contribution in [1.82, 2.24) is 9.97 Å². The summed E-state index contributed by atoms with van der Waals surface area (Å²) in [4.78, 5) is 9.16. The maximum atomic E-state index is 4.58. The first kappa shape index (κ1) is 19.7. The quantitative estimate of drug-likeness (QED) is 0.189. The third-order valence-electron chi connectivity index (χ3n) is 6.19. The van der Waals surface area contributed by atoms with Crippen LogP contribution in [0.3, 0.4) is 0 Å². The van der Waals surface area contributed by atoms with Crippen molar-refractivity contribution >= 4 is 101 Å². The molecule has 0 aliphatic rings. The molecule has 34 heavy (non-hydrogen) atoms. The Morgan fingerprint density at radius 1 is 0.559 bits per heavy atom. The fraction of sp³-hybridized carbons (Fsp3) is 0. The van der Waals surface area contributed by atoms with Crippen LogP contribution < -0.4 is 0 Å². The van der Waals surface area contributed by atoms with Gasteiger partial charge in [-0.15, -0.1) is 0 Å². The van der Waals surface area contributed by atoms with Gasteiger partial charge in [0.2, 0.25) is 0 Å². The summed E-state index contributed by atoms with van der Waals surface area (Å²) in [7, 11) is 0. The van der Waals surface area contributed by atoms with Crippen molar-refractivity contribution in [1.29, 1.82) is 0 Å².